The molecule has 1 rings (SSSR count). The van der Waals surface area contributed by atoms with Crippen molar-refractivity contribution < 1.29 is 4.79 Å². The normalized spacial score (nSPS) is 11.6. The van der Waals surface area contributed by atoms with Crippen LogP contribution in [0.2, 0.25) is 5.02 Å². The molecule has 0 aliphatic heterocycles. The van der Waals surface area contributed by atoms with Crippen LogP contribution in [0.25, 0.3) is 0 Å². The van der Waals surface area contributed by atoms with Crippen LogP contribution >= 0.6 is 11.6 Å². The molecule has 0 aliphatic carbocycles. The van der Waals surface area contributed by atoms with E-state index in [-0.39, 0.29) is 5.78 Å². The second-order valence-corrected chi connectivity index (χ2v) is 6.67. The fourth-order valence-electron chi connectivity index (χ4n) is 2.36. The van der Waals surface area contributed by atoms with E-state index in [0.29, 0.717) is 28.8 Å². The maximum absolute atomic E-state index is 12.2. The first-order valence-corrected chi connectivity index (χ1v) is 7.77. The van der Waals surface area contributed by atoms with Crippen LogP contribution in [0.3, 0.4) is 0 Å². The minimum absolute atomic E-state index is 0.171. The van der Waals surface area contributed by atoms with Crippen LogP contribution < -0.4 is 0 Å². The zero-order chi connectivity index (χ0) is 15.1. The van der Waals surface area contributed by atoms with Crippen LogP contribution in [0.1, 0.15) is 44.5 Å². The second-order valence-electron chi connectivity index (χ2n) is 6.23. The van der Waals surface area contributed by atoms with Crippen molar-refractivity contribution in [3.8, 4) is 0 Å². The van der Waals surface area contributed by atoms with Crippen LogP contribution in [-0.4, -0.2) is 30.3 Å². The summed E-state index contributed by atoms with van der Waals surface area (Å²) in [5.74, 6) is 1.41. The van der Waals surface area contributed by atoms with E-state index >= 15 is 0 Å². The lowest BCUT2D eigenvalue weighted by molar-refractivity contribution is 0.0956. The molecule has 0 atom stereocenters. The average molecular weight is 296 g/mol. The Hall–Kier alpha value is -0.860. The van der Waals surface area contributed by atoms with E-state index in [1.807, 2.05) is 12.1 Å². The van der Waals surface area contributed by atoms with Crippen molar-refractivity contribution in [3.05, 3.63) is 34.9 Å². The molecule has 112 valence electrons. The number of Topliss-reactive ketones (excluding diaryl/α,β-unsaturated/α-hetero) is 1. The number of nitrogens with zero attached hydrogens (tertiary/aromatic N) is 1. The minimum atomic E-state index is 0.171. The fourth-order valence-corrected chi connectivity index (χ4v) is 2.55. The summed E-state index contributed by atoms with van der Waals surface area (Å²) in [5, 5.41) is 0.622. The van der Waals surface area contributed by atoms with E-state index in [0.717, 1.165) is 19.6 Å². The van der Waals surface area contributed by atoms with Gasteiger partial charge in [0.1, 0.15) is 0 Å². The van der Waals surface area contributed by atoms with Crippen molar-refractivity contribution >= 4 is 17.4 Å². The predicted octanol–water partition coefficient (Wildman–Crippen LogP) is 4.53. The van der Waals surface area contributed by atoms with Crippen LogP contribution in [0.5, 0.6) is 0 Å². The van der Waals surface area contributed by atoms with Crippen molar-refractivity contribution in [1.82, 2.24) is 4.90 Å². The van der Waals surface area contributed by atoms with E-state index in [2.05, 4.69) is 32.6 Å². The first-order valence-electron chi connectivity index (χ1n) is 7.39. The molecule has 0 N–H and O–H groups in total. The van der Waals surface area contributed by atoms with E-state index in [9.17, 15) is 4.79 Å². The Morgan fingerprint density at radius 3 is 2.25 bits per heavy atom. The third kappa shape index (κ3) is 6.53. The van der Waals surface area contributed by atoms with Crippen LogP contribution in [0.15, 0.2) is 24.3 Å². The summed E-state index contributed by atoms with van der Waals surface area (Å²) in [7, 11) is 0. The Kier molecular flexibility index (Phi) is 7.25. The predicted molar refractivity (Wildman–Crippen MR) is 86.5 cm³/mol. The van der Waals surface area contributed by atoms with Gasteiger partial charge in [0.15, 0.2) is 5.78 Å². The lowest BCUT2D eigenvalue weighted by Crippen LogP contribution is -2.33. The fraction of sp³-hybridized carbons (Fsp3) is 0.588. The van der Waals surface area contributed by atoms with Gasteiger partial charge in [-0.3, -0.25) is 4.79 Å². The molecular weight excluding hydrogens is 270 g/mol. The van der Waals surface area contributed by atoms with E-state index < -0.39 is 0 Å². The first kappa shape index (κ1) is 17.2. The average Bonchev–Trinajstić information content (AvgIpc) is 2.34. The molecule has 3 heteroatoms. The van der Waals surface area contributed by atoms with E-state index in [4.69, 9.17) is 11.6 Å². The zero-order valence-electron chi connectivity index (χ0n) is 13.0. The largest absolute Gasteiger partial charge is 0.302 e. The third-order valence-corrected chi connectivity index (χ3v) is 3.28. The van der Waals surface area contributed by atoms with E-state index in [1.165, 1.54) is 0 Å². The highest BCUT2D eigenvalue weighted by Gasteiger charge is 2.13. The monoisotopic (exact) mass is 295 g/mol. The quantitative estimate of drug-likeness (QED) is 0.657. The zero-order valence-corrected chi connectivity index (χ0v) is 13.8. The van der Waals surface area contributed by atoms with Crippen LogP contribution in [0, 0.1) is 11.8 Å². The highest BCUT2D eigenvalue weighted by atomic mass is 35.5. The molecule has 0 unspecified atom stereocenters. The summed E-state index contributed by atoms with van der Waals surface area (Å²) >= 11 is 5.93. The van der Waals surface area contributed by atoms with Crippen LogP contribution in [0.4, 0.5) is 0 Å². The minimum Gasteiger partial charge on any atom is -0.302 e. The number of halogens is 1. The summed E-state index contributed by atoms with van der Waals surface area (Å²) in [6.45, 7) is 11.8. The number of carbonyl (C=O) groups is 1. The van der Waals surface area contributed by atoms with Crippen molar-refractivity contribution in [2.45, 2.75) is 34.1 Å². The van der Waals surface area contributed by atoms with E-state index in [1.54, 1.807) is 12.1 Å². The molecule has 0 saturated carbocycles. The number of carbonyl (C=O) groups excluding carboxylic acids is 1. The van der Waals surface area contributed by atoms with Crippen molar-refractivity contribution in [2.75, 3.05) is 19.6 Å². The van der Waals surface area contributed by atoms with Gasteiger partial charge in [-0.05, 0) is 24.0 Å². The Morgan fingerprint density at radius 1 is 1.15 bits per heavy atom. The summed E-state index contributed by atoms with van der Waals surface area (Å²) in [6.07, 6.45) is 0.555. The maximum atomic E-state index is 12.2. The molecular formula is C17H26ClNO. The van der Waals surface area contributed by atoms with Gasteiger partial charge < -0.3 is 4.90 Å². The van der Waals surface area contributed by atoms with Crippen LogP contribution in [-0.2, 0) is 0 Å². The summed E-state index contributed by atoms with van der Waals surface area (Å²) in [4.78, 5) is 14.6. The van der Waals surface area contributed by atoms with Gasteiger partial charge in [0, 0.05) is 36.6 Å². The van der Waals surface area contributed by atoms with Gasteiger partial charge in [-0.1, -0.05) is 51.4 Å². The molecule has 0 aliphatic rings. The molecule has 0 heterocycles. The highest BCUT2D eigenvalue weighted by Crippen LogP contribution is 2.13. The number of ketones is 1. The molecule has 0 bridgehead atoms. The summed E-state index contributed by atoms with van der Waals surface area (Å²) < 4.78 is 0. The molecule has 1 aromatic carbocycles. The van der Waals surface area contributed by atoms with Crippen molar-refractivity contribution in [2.24, 2.45) is 11.8 Å². The Bertz CT molecular complexity index is 419. The maximum Gasteiger partial charge on any atom is 0.164 e. The number of hydrogen-bond donors (Lipinski definition) is 0. The summed E-state index contributed by atoms with van der Waals surface area (Å²) in [6, 6.07) is 7.21. The Balaban J connectivity index is 2.55. The van der Waals surface area contributed by atoms with Gasteiger partial charge >= 0.3 is 0 Å². The number of rotatable bonds is 8. The van der Waals surface area contributed by atoms with Gasteiger partial charge in [0.25, 0.3) is 0 Å². The highest BCUT2D eigenvalue weighted by molar-refractivity contribution is 6.31. The third-order valence-electron chi connectivity index (χ3n) is 3.05. The summed E-state index contributed by atoms with van der Waals surface area (Å²) in [5.41, 5.74) is 0.714. The topological polar surface area (TPSA) is 20.3 Å². The molecule has 1 aromatic rings. The van der Waals surface area contributed by atoms with Gasteiger partial charge in [0.05, 0.1) is 0 Å². The first-order chi connectivity index (χ1) is 9.38. The second kappa shape index (κ2) is 8.43. The van der Waals surface area contributed by atoms with Gasteiger partial charge in [-0.15, -0.1) is 0 Å². The molecule has 0 spiro atoms. The number of hydrogen-bond acceptors (Lipinski definition) is 2. The van der Waals surface area contributed by atoms with Gasteiger partial charge in [-0.25, -0.2) is 0 Å². The lowest BCUT2D eigenvalue weighted by atomic mass is 10.1. The SMILES string of the molecule is CC(C)CN(CCC(=O)c1cccc(Cl)c1)CC(C)C. The molecule has 0 aromatic heterocycles. The lowest BCUT2D eigenvalue weighted by Gasteiger charge is -2.25. The Labute approximate surface area is 128 Å². The smallest absolute Gasteiger partial charge is 0.164 e. The molecule has 0 fully saturated rings. The molecule has 2 nitrogen and oxygen atoms in total. The number of benzene rings is 1. The standard InChI is InChI=1S/C17H26ClNO/c1-13(2)11-19(12-14(3)4)9-8-17(20)15-6-5-7-16(18)10-15/h5-7,10,13-14H,8-9,11-12H2,1-4H3. The van der Waals surface area contributed by atoms with Gasteiger partial charge in [0.2, 0.25) is 0 Å². The van der Waals surface area contributed by atoms with Crippen molar-refractivity contribution in [1.29, 1.82) is 0 Å². The van der Waals surface area contributed by atoms with Crippen molar-refractivity contribution in [3.63, 3.8) is 0 Å². The van der Waals surface area contributed by atoms with Gasteiger partial charge in [-0.2, -0.15) is 0 Å². The Morgan fingerprint density at radius 2 is 1.75 bits per heavy atom. The molecule has 20 heavy (non-hydrogen) atoms. The molecule has 0 saturated heterocycles. The molecule has 0 amide bonds. The molecule has 0 radical (unpaired) electrons.